The third-order valence-electron chi connectivity index (χ3n) is 7.50. The van der Waals surface area contributed by atoms with Crippen molar-refractivity contribution in [2.45, 2.75) is 52.4 Å². The molecule has 0 saturated carbocycles. The summed E-state index contributed by atoms with van der Waals surface area (Å²) in [5.41, 5.74) is 4.60. The van der Waals surface area contributed by atoms with Gasteiger partial charge in [-0.25, -0.2) is 0 Å². The number of ketones is 3. The van der Waals surface area contributed by atoms with E-state index in [2.05, 4.69) is 6.92 Å². The van der Waals surface area contributed by atoms with Crippen LogP contribution < -0.4 is 4.90 Å². The highest BCUT2D eigenvalue weighted by molar-refractivity contribution is 6.05. The number of carbonyl (C=O) groups is 3. The van der Waals surface area contributed by atoms with Gasteiger partial charge >= 0.3 is 0 Å². The second kappa shape index (κ2) is 13.6. The van der Waals surface area contributed by atoms with Crippen molar-refractivity contribution in [3.63, 3.8) is 0 Å². The highest BCUT2D eigenvalue weighted by Gasteiger charge is 2.36. The third-order valence-corrected chi connectivity index (χ3v) is 7.50. The molecule has 8 heteroatoms. The van der Waals surface area contributed by atoms with Gasteiger partial charge in [0.15, 0.2) is 5.78 Å². The number of aliphatic hydroxyl groups excluding tert-OH is 2. The van der Waals surface area contributed by atoms with Crippen LogP contribution in [0.25, 0.3) is 11.1 Å². The average molecular weight is 532 g/mol. The first-order valence-electron chi connectivity index (χ1n) is 13.0. The number of fused-ring (bicyclic) bond motifs is 1. The lowest BCUT2D eigenvalue weighted by Gasteiger charge is -2.33. The maximum Gasteiger partial charge on any atom is 0.167 e. The second-order valence-electron chi connectivity index (χ2n) is 10.4. The summed E-state index contributed by atoms with van der Waals surface area (Å²) < 4.78 is 0. The third kappa shape index (κ3) is 6.87. The molecular formula is C30H45NO7. The molecule has 0 aliphatic heterocycles. The second-order valence-corrected chi connectivity index (χ2v) is 10.4. The highest BCUT2D eigenvalue weighted by atomic mass is 16.3. The fourth-order valence-electron chi connectivity index (χ4n) is 5.64. The van der Waals surface area contributed by atoms with Gasteiger partial charge in [0.05, 0.1) is 18.6 Å². The van der Waals surface area contributed by atoms with Gasteiger partial charge < -0.3 is 25.7 Å². The first kappa shape index (κ1) is 31.1. The van der Waals surface area contributed by atoms with Gasteiger partial charge in [0.2, 0.25) is 0 Å². The zero-order chi connectivity index (χ0) is 27.3. The smallest absolute Gasteiger partial charge is 0.167 e. The minimum atomic E-state index is -0.762. The van der Waals surface area contributed by atoms with Crippen LogP contribution in [0.1, 0.15) is 63.9 Å². The first-order valence-corrected chi connectivity index (χ1v) is 13.0. The van der Waals surface area contributed by atoms with Gasteiger partial charge in [0, 0.05) is 47.1 Å². The fraction of sp³-hybridized carbons (Fsp3) is 0.500. The zero-order valence-corrected chi connectivity index (χ0v) is 22.8. The van der Waals surface area contributed by atoms with E-state index in [1.165, 1.54) is 6.92 Å². The Morgan fingerprint density at radius 1 is 1.16 bits per heavy atom. The number of hydrogen-bond acceptors (Lipinski definition) is 7. The molecule has 3 atom stereocenters. The zero-order valence-electron chi connectivity index (χ0n) is 22.8. The number of aryl methyl sites for hydroxylation is 1. The van der Waals surface area contributed by atoms with Gasteiger partial charge in [-0.3, -0.25) is 14.4 Å². The van der Waals surface area contributed by atoms with Gasteiger partial charge in [-0.1, -0.05) is 31.2 Å². The summed E-state index contributed by atoms with van der Waals surface area (Å²) in [7, 11) is 3.81. The Morgan fingerprint density at radius 3 is 2.45 bits per heavy atom. The number of aliphatic hydroxyl groups is 2. The number of rotatable bonds is 12. The molecule has 0 amide bonds. The summed E-state index contributed by atoms with van der Waals surface area (Å²) in [6.45, 7) is 2.85. The molecule has 38 heavy (non-hydrogen) atoms. The molecule has 1 aliphatic carbocycles. The number of phenolic OH excluding ortho intramolecular Hbond substituents is 1. The molecular weight excluding hydrogens is 486 g/mol. The summed E-state index contributed by atoms with van der Waals surface area (Å²) in [6, 6.07) is 9.88. The normalized spacial score (nSPS) is 16.3. The lowest BCUT2D eigenvalue weighted by molar-refractivity contribution is -0.131. The number of hydrogen-bond donors (Lipinski definition) is 3. The number of phenols is 1. The molecule has 0 aromatic heterocycles. The molecule has 0 spiro atoms. The monoisotopic (exact) mass is 531 g/mol. The Morgan fingerprint density at radius 2 is 1.87 bits per heavy atom. The quantitative estimate of drug-likeness (QED) is 0.354. The van der Waals surface area contributed by atoms with Crippen LogP contribution >= 0.6 is 0 Å². The lowest BCUT2D eigenvalue weighted by atomic mass is 9.73. The van der Waals surface area contributed by atoms with Crippen LogP contribution in [-0.4, -0.2) is 65.5 Å². The molecule has 3 rings (SSSR count). The molecule has 212 valence electrons. The van der Waals surface area contributed by atoms with Crippen molar-refractivity contribution < 1.29 is 38.0 Å². The molecule has 2 aromatic rings. The Hall–Kier alpha value is -3.07. The van der Waals surface area contributed by atoms with Crippen LogP contribution in [0.2, 0.25) is 0 Å². The van der Waals surface area contributed by atoms with Crippen molar-refractivity contribution in [3.8, 4) is 16.9 Å². The summed E-state index contributed by atoms with van der Waals surface area (Å²) >= 11 is 0. The Balaban J connectivity index is 0.00000507. The van der Waals surface area contributed by atoms with E-state index in [0.717, 1.165) is 28.8 Å². The van der Waals surface area contributed by atoms with Gasteiger partial charge in [-0.2, -0.15) is 0 Å². The fourth-order valence-corrected chi connectivity index (χ4v) is 5.64. The van der Waals surface area contributed by atoms with E-state index in [-0.39, 0.29) is 62.7 Å². The van der Waals surface area contributed by atoms with Crippen molar-refractivity contribution in [2.24, 2.45) is 17.8 Å². The maximum atomic E-state index is 13.5. The van der Waals surface area contributed by atoms with Gasteiger partial charge in [0.25, 0.3) is 0 Å². The van der Waals surface area contributed by atoms with Crippen molar-refractivity contribution in [3.05, 3.63) is 47.0 Å². The van der Waals surface area contributed by atoms with Crippen molar-refractivity contribution in [2.75, 3.05) is 32.2 Å². The topological polar surface area (TPSA) is 147 Å². The molecule has 3 unspecified atom stereocenters. The van der Waals surface area contributed by atoms with Crippen LogP contribution in [0.3, 0.4) is 0 Å². The van der Waals surface area contributed by atoms with E-state index in [9.17, 15) is 29.7 Å². The van der Waals surface area contributed by atoms with E-state index >= 15 is 0 Å². The number of aromatic hydroxyl groups is 1. The van der Waals surface area contributed by atoms with Crippen LogP contribution in [-0.2, 0) is 22.4 Å². The maximum absolute atomic E-state index is 13.5. The summed E-state index contributed by atoms with van der Waals surface area (Å²) in [4.78, 5) is 39.6. The number of benzene rings is 2. The summed E-state index contributed by atoms with van der Waals surface area (Å²) in [5.74, 6) is -1.99. The molecule has 8 nitrogen and oxygen atoms in total. The standard InChI is InChI=1S/C30H39NO6.H2O.2H2/c1-5-19-7-6-8-21(12-19)23-16-26(31(3)4)24-14-20(15-28(36)29(24)30(23)37)13-22(9-10-32)25(17-33)27(35)11-18(2)34;;;/h6-8,12,16,20,22,25,32-33,37H,5,9-11,13-15,17H2,1-4H3;1H2;2*1H. The molecule has 1 aliphatic rings. The van der Waals surface area contributed by atoms with Crippen molar-refractivity contribution >= 4 is 23.0 Å². The van der Waals surface area contributed by atoms with Crippen LogP contribution in [0.4, 0.5) is 5.69 Å². The molecule has 0 radical (unpaired) electrons. The largest absolute Gasteiger partial charge is 0.507 e. The Bertz CT molecular complexity index is 1170. The van der Waals surface area contributed by atoms with Gasteiger partial charge in [-0.05, 0) is 67.2 Å². The van der Waals surface area contributed by atoms with Crippen molar-refractivity contribution in [1.82, 2.24) is 0 Å². The predicted molar refractivity (Wildman–Crippen MR) is 152 cm³/mol. The summed E-state index contributed by atoms with van der Waals surface area (Å²) in [6.07, 6.45) is 2.09. The van der Waals surface area contributed by atoms with E-state index in [1.54, 1.807) is 0 Å². The molecule has 2 aromatic carbocycles. The minimum Gasteiger partial charge on any atom is -0.507 e. The van der Waals surface area contributed by atoms with Crippen LogP contribution in [0.15, 0.2) is 30.3 Å². The minimum absolute atomic E-state index is 0. The average Bonchev–Trinajstić information content (AvgIpc) is 2.84. The van der Waals surface area contributed by atoms with E-state index in [0.29, 0.717) is 30.4 Å². The SMILES string of the molecule is CCc1cccc(-c2cc(N(C)C)c3c(c2O)C(=O)CC(CC(CCO)C(CO)C(=O)CC(C)=O)C3)c1.O.[HH].[HH]. The highest BCUT2D eigenvalue weighted by Crippen LogP contribution is 2.45. The number of anilines is 1. The predicted octanol–water partition coefficient (Wildman–Crippen LogP) is 3.65. The lowest BCUT2D eigenvalue weighted by Crippen LogP contribution is -2.33. The first-order chi connectivity index (χ1) is 17.6. The van der Waals surface area contributed by atoms with E-state index in [1.807, 2.05) is 49.3 Å². The summed E-state index contributed by atoms with van der Waals surface area (Å²) in [5, 5.41) is 30.9. The molecule has 0 heterocycles. The number of carbonyl (C=O) groups excluding carboxylic acids is 3. The molecule has 0 fully saturated rings. The number of Topliss-reactive ketones (excluding diaryl/α,β-unsaturated/α-hetero) is 3. The van der Waals surface area contributed by atoms with Gasteiger partial charge in [0.1, 0.15) is 17.3 Å². The van der Waals surface area contributed by atoms with E-state index in [4.69, 9.17) is 0 Å². The van der Waals surface area contributed by atoms with Crippen LogP contribution in [0.5, 0.6) is 5.75 Å². The molecule has 0 saturated heterocycles. The van der Waals surface area contributed by atoms with Crippen LogP contribution in [0, 0.1) is 17.8 Å². The Kier molecular flexibility index (Phi) is 11.2. The molecule has 5 N–H and O–H groups in total. The number of nitrogens with zero attached hydrogens (tertiary/aromatic N) is 1. The van der Waals surface area contributed by atoms with E-state index < -0.39 is 12.5 Å². The van der Waals surface area contributed by atoms with Gasteiger partial charge in [-0.15, -0.1) is 0 Å². The Labute approximate surface area is 227 Å². The molecule has 0 bridgehead atoms. The van der Waals surface area contributed by atoms with Crippen molar-refractivity contribution in [1.29, 1.82) is 0 Å².